The molecule has 18 heavy (non-hydrogen) atoms. The maximum atomic E-state index is 13.7. The lowest BCUT2D eigenvalue weighted by Crippen LogP contribution is -2.06. The first kappa shape index (κ1) is 14.0. The topological polar surface area (TPSA) is 26.3 Å². The van der Waals surface area contributed by atoms with Crippen LogP contribution in [0.25, 0.3) is 0 Å². The first-order chi connectivity index (χ1) is 8.69. The Hall–Kier alpha value is -2.08. The maximum absolute atomic E-state index is 13.7. The van der Waals surface area contributed by atoms with E-state index in [2.05, 4.69) is 16.6 Å². The van der Waals surface area contributed by atoms with Crippen molar-refractivity contribution in [2.24, 2.45) is 0 Å². The monoisotopic (exact) mass is 246 g/mol. The summed E-state index contributed by atoms with van der Waals surface area (Å²) in [6.45, 7) is 3.52. The zero-order valence-electron chi connectivity index (χ0n) is 10.5. The molecule has 0 amide bonds. The number of carbonyl (C=O) groups excluding carboxylic acids is 1. The summed E-state index contributed by atoms with van der Waals surface area (Å²) in [5.41, 5.74) is 0.942. The van der Waals surface area contributed by atoms with Gasteiger partial charge in [-0.1, -0.05) is 37.0 Å². The first-order valence-electron chi connectivity index (χ1n) is 5.81. The van der Waals surface area contributed by atoms with Crippen molar-refractivity contribution in [3.05, 3.63) is 47.3 Å². The van der Waals surface area contributed by atoms with Crippen LogP contribution in [0.4, 0.5) is 4.39 Å². The first-order valence-corrected chi connectivity index (χ1v) is 5.81. The van der Waals surface area contributed by atoms with Gasteiger partial charge in [0.25, 0.3) is 0 Å². The Bertz CT molecular complexity index is 492. The molecule has 0 bridgehead atoms. The summed E-state index contributed by atoms with van der Waals surface area (Å²) < 4.78 is 18.3. The van der Waals surface area contributed by atoms with E-state index in [1.165, 1.54) is 0 Å². The minimum atomic E-state index is -0.947. The second kappa shape index (κ2) is 7.29. The summed E-state index contributed by atoms with van der Waals surface area (Å²) in [5, 5.41) is 0. The number of halogens is 1. The third-order valence-electron chi connectivity index (χ3n) is 2.20. The average Bonchev–Trinajstić information content (AvgIpc) is 2.40. The highest BCUT2D eigenvalue weighted by Gasteiger charge is 2.13. The Balaban J connectivity index is 2.95. The van der Waals surface area contributed by atoms with Gasteiger partial charge in [-0.2, -0.15) is 4.39 Å². The van der Waals surface area contributed by atoms with Gasteiger partial charge in [0.1, 0.15) is 0 Å². The number of esters is 1. The van der Waals surface area contributed by atoms with Crippen LogP contribution < -0.4 is 0 Å². The lowest BCUT2D eigenvalue weighted by molar-refractivity contribution is -0.140. The summed E-state index contributed by atoms with van der Waals surface area (Å²) >= 11 is 0. The second-order valence-electron chi connectivity index (χ2n) is 3.48. The Morgan fingerprint density at radius 3 is 2.50 bits per heavy atom. The molecule has 1 rings (SSSR count). The van der Waals surface area contributed by atoms with E-state index in [4.69, 9.17) is 0 Å². The van der Waals surface area contributed by atoms with Gasteiger partial charge in [0.2, 0.25) is 5.83 Å². The van der Waals surface area contributed by atoms with Gasteiger partial charge >= 0.3 is 5.97 Å². The molecule has 0 N–H and O–H groups in total. The molecule has 0 spiro atoms. The largest absolute Gasteiger partial charge is 0.461 e. The number of ether oxygens (including phenoxy) is 1. The molecule has 0 aromatic heterocycles. The summed E-state index contributed by atoms with van der Waals surface area (Å²) in [6.07, 6.45) is 0.352. The number of allylic oxidation sites excluding steroid dienone is 1. The van der Waals surface area contributed by atoms with Crippen molar-refractivity contribution in [2.45, 2.75) is 20.3 Å². The van der Waals surface area contributed by atoms with E-state index in [1.54, 1.807) is 13.8 Å². The molecule has 1 aromatic rings. The smallest absolute Gasteiger partial charge is 0.368 e. The molecule has 0 atom stereocenters. The van der Waals surface area contributed by atoms with E-state index in [1.807, 2.05) is 30.3 Å². The number of carbonyl (C=O) groups is 1. The van der Waals surface area contributed by atoms with Crippen LogP contribution in [0.2, 0.25) is 0 Å². The number of rotatable bonds is 3. The van der Waals surface area contributed by atoms with Crippen LogP contribution in [0.3, 0.4) is 0 Å². The Morgan fingerprint density at radius 2 is 1.94 bits per heavy atom. The molecule has 0 aliphatic heterocycles. The zero-order valence-corrected chi connectivity index (χ0v) is 10.5. The van der Waals surface area contributed by atoms with Crippen LogP contribution in [0.1, 0.15) is 25.8 Å². The van der Waals surface area contributed by atoms with Gasteiger partial charge in [0.15, 0.2) is 0 Å². The highest BCUT2D eigenvalue weighted by atomic mass is 19.1. The molecule has 1 aromatic carbocycles. The number of hydrogen-bond donors (Lipinski definition) is 0. The van der Waals surface area contributed by atoms with Crippen LogP contribution >= 0.6 is 0 Å². The van der Waals surface area contributed by atoms with E-state index in [0.717, 1.165) is 5.56 Å². The molecule has 0 aliphatic carbocycles. The van der Waals surface area contributed by atoms with E-state index in [9.17, 15) is 9.18 Å². The number of hydrogen-bond acceptors (Lipinski definition) is 2. The minimum absolute atomic E-state index is 0.148. The molecule has 0 saturated carbocycles. The third kappa shape index (κ3) is 4.06. The van der Waals surface area contributed by atoms with Gasteiger partial charge in [-0.25, -0.2) is 4.79 Å². The molecule has 2 nitrogen and oxygen atoms in total. The standard InChI is InChI=1S/C15H15FO2/c1-3-13(14(16)15(17)18-4-2)11-10-12-8-6-5-7-9-12/h5-9H,3-4H2,1-2H3/b14-13+. The predicted octanol–water partition coefficient (Wildman–Crippen LogP) is 3.23. The van der Waals surface area contributed by atoms with Crippen LogP contribution in [0.5, 0.6) is 0 Å². The molecule has 0 fully saturated rings. The molecule has 0 saturated heterocycles. The van der Waals surface area contributed by atoms with Crippen molar-refractivity contribution in [1.82, 2.24) is 0 Å². The Kier molecular flexibility index (Phi) is 5.66. The quantitative estimate of drug-likeness (QED) is 0.465. The summed E-state index contributed by atoms with van der Waals surface area (Å²) in [7, 11) is 0. The van der Waals surface area contributed by atoms with Gasteiger partial charge in [0, 0.05) is 11.1 Å². The zero-order chi connectivity index (χ0) is 13.4. The molecule has 94 valence electrons. The second-order valence-corrected chi connectivity index (χ2v) is 3.48. The highest BCUT2D eigenvalue weighted by molar-refractivity contribution is 5.87. The van der Waals surface area contributed by atoms with E-state index < -0.39 is 11.8 Å². The lowest BCUT2D eigenvalue weighted by Gasteiger charge is -2.00. The summed E-state index contributed by atoms with van der Waals surface area (Å²) in [4.78, 5) is 11.2. The molecule has 0 heterocycles. The van der Waals surface area contributed by atoms with Crippen molar-refractivity contribution in [1.29, 1.82) is 0 Å². The number of benzene rings is 1. The van der Waals surface area contributed by atoms with Gasteiger partial charge in [0.05, 0.1) is 6.61 Å². The van der Waals surface area contributed by atoms with E-state index in [-0.39, 0.29) is 12.2 Å². The third-order valence-corrected chi connectivity index (χ3v) is 2.20. The summed E-state index contributed by atoms with van der Waals surface area (Å²) in [5.74, 6) is 3.65. The average molecular weight is 246 g/mol. The summed E-state index contributed by atoms with van der Waals surface area (Å²) in [6, 6.07) is 9.22. The van der Waals surface area contributed by atoms with Gasteiger partial charge in [-0.15, -0.1) is 0 Å². The van der Waals surface area contributed by atoms with Gasteiger partial charge in [-0.05, 0) is 25.5 Å². The maximum Gasteiger partial charge on any atom is 0.368 e. The van der Waals surface area contributed by atoms with Gasteiger partial charge < -0.3 is 4.74 Å². The van der Waals surface area contributed by atoms with Gasteiger partial charge in [-0.3, -0.25) is 0 Å². The minimum Gasteiger partial charge on any atom is -0.461 e. The van der Waals surface area contributed by atoms with Crippen LogP contribution in [-0.2, 0) is 9.53 Å². The lowest BCUT2D eigenvalue weighted by atomic mass is 10.1. The fraction of sp³-hybridized carbons (Fsp3) is 0.267. The molecule has 0 radical (unpaired) electrons. The van der Waals surface area contributed by atoms with Crippen LogP contribution in [-0.4, -0.2) is 12.6 Å². The SMILES string of the molecule is CCOC(=O)/C(F)=C(\C#Cc1ccccc1)CC. The molecule has 0 unspecified atom stereocenters. The normalized spacial score (nSPS) is 11.1. The highest BCUT2D eigenvalue weighted by Crippen LogP contribution is 2.11. The Labute approximate surface area is 106 Å². The molecule has 0 aliphatic rings. The van der Waals surface area contributed by atoms with E-state index in [0.29, 0.717) is 6.42 Å². The molecular formula is C15H15FO2. The van der Waals surface area contributed by atoms with Crippen molar-refractivity contribution in [3.8, 4) is 11.8 Å². The van der Waals surface area contributed by atoms with Crippen molar-refractivity contribution < 1.29 is 13.9 Å². The van der Waals surface area contributed by atoms with E-state index >= 15 is 0 Å². The van der Waals surface area contributed by atoms with Crippen molar-refractivity contribution in [2.75, 3.05) is 6.61 Å². The fourth-order valence-electron chi connectivity index (χ4n) is 1.29. The molecular weight excluding hydrogens is 231 g/mol. The predicted molar refractivity (Wildman–Crippen MR) is 68.4 cm³/mol. The Morgan fingerprint density at radius 1 is 1.28 bits per heavy atom. The fourth-order valence-corrected chi connectivity index (χ4v) is 1.29. The van der Waals surface area contributed by atoms with Crippen LogP contribution in [0, 0.1) is 11.8 Å². The van der Waals surface area contributed by atoms with Crippen molar-refractivity contribution >= 4 is 5.97 Å². The van der Waals surface area contributed by atoms with Crippen LogP contribution in [0.15, 0.2) is 41.7 Å². The molecule has 3 heteroatoms. The van der Waals surface area contributed by atoms with Crippen molar-refractivity contribution in [3.63, 3.8) is 0 Å².